The van der Waals surface area contributed by atoms with Crippen LogP contribution in [0.3, 0.4) is 0 Å². The largest absolute Gasteiger partial charge is 0.488 e. The number of halogens is 1. The van der Waals surface area contributed by atoms with E-state index in [2.05, 4.69) is 21.2 Å². The molecule has 0 aliphatic carbocycles. The van der Waals surface area contributed by atoms with Crippen molar-refractivity contribution in [1.82, 2.24) is 0 Å². The van der Waals surface area contributed by atoms with Gasteiger partial charge in [0.15, 0.2) is 0 Å². The van der Waals surface area contributed by atoms with Gasteiger partial charge in [-0.1, -0.05) is 46.3 Å². The number of amides is 1. The summed E-state index contributed by atoms with van der Waals surface area (Å²) in [6.45, 7) is 0.157. The number of nitrogens with zero attached hydrogens (tertiary/aromatic N) is 2. The molecule has 0 spiro atoms. The third-order valence-corrected chi connectivity index (χ3v) is 5.76. The molecule has 1 amide bonds. The highest BCUT2D eigenvalue weighted by atomic mass is 79.9. The van der Waals surface area contributed by atoms with Gasteiger partial charge in [-0.25, -0.2) is 0 Å². The lowest BCUT2D eigenvalue weighted by atomic mass is 10.0. The summed E-state index contributed by atoms with van der Waals surface area (Å²) in [5, 5.41) is 25.1. The molecule has 0 aromatic heterocycles. The summed E-state index contributed by atoms with van der Waals surface area (Å²) in [4.78, 5) is 23.3. The first-order valence-corrected chi connectivity index (χ1v) is 11.3. The fourth-order valence-corrected chi connectivity index (χ4v) is 3.71. The predicted octanol–water partition coefficient (Wildman–Crippen LogP) is 6.64. The third kappa shape index (κ3) is 5.72. The highest BCUT2D eigenvalue weighted by molar-refractivity contribution is 9.10. The molecule has 0 heterocycles. The number of non-ortho nitro benzene ring substituents is 1. The molecule has 0 bridgehead atoms. The second-order valence-electron chi connectivity index (χ2n) is 7.54. The zero-order valence-electron chi connectivity index (χ0n) is 18.3. The van der Waals surface area contributed by atoms with Crippen LogP contribution in [-0.4, -0.2) is 10.8 Å². The average molecular weight is 528 g/mol. The maximum Gasteiger partial charge on any atom is 0.269 e. The number of ether oxygens (including phenoxy) is 1. The monoisotopic (exact) mass is 527 g/mol. The van der Waals surface area contributed by atoms with Gasteiger partial charge < -0.3 is 10.1 Å². The van der Waals surface area contributed by atoms with Crippen LogP contribution in [0.15, 0.2) is 95.0 Å². The highest BCUT2D eigenvalue weighted by Crippen LogP contribution is 2.31. The molecule has 0 saturated carbocycles. The summed E-state index contributed by atoms with van der Waals surface area (Å²) < 4.78 is 6.90. The van der Waals surface area contributed by atoms with Crippen LogP contribution in [0.4, 0.5) is 11.4 Å². The number of carbonyl (C=O) groups is 1. The van der Waals surface area contributed by atoms with E-state index in [0.29, 0.717) is 17.0 Å². The Balaban J connectivity index is 1.66. The number of anilines is 1. The fourth-order valence-electron chi connectivity index (χ4n) is 3.45. The smallest absolute Gasteiger partial charge is 0.269 e. The summed E-state index contributed by atoms with van der Waals surface area (Å²) >= 11 is 3.35. The molecule has 0 aliphatic rings. The topological polar surface area (TPSA) is 105 Å². The quantitative estimate of drug-likeness (QED) is 0.125. The zero-order valence-corrected chi connectivity index (χ0v) is 19.9. The number of nitrogens with one attached hydrogen (secondary N) is 1. The van der Waals surface area contributed by atoms with Crippen molar-refractivity contribution in [3.05, 3.63) is 116 Å². The summed E-state index contributed by atoms with van der Waals surface area (Å²) in [6, 6.07) is 26.4. The molecule has 4 aromatic carbocycles. The van der Waals surface area contributed by atoms with Gasteiger partial charge in [-0.15, -0.1) is 0 Å². The molecule has 0 unspecified atom stereocenters. The molecule has 0 atom stereocenters. The molecular formula is C27H18BrN3O4. The van der Waals surface area contributed by atoms with Gasteiger partial charge in [-0.2, -0.15) is 5.26 Å². The van der Waals surface area contributed by atoms with Crippen LogP contribution in [0.2, 0.25) is 0 Å². The third-order valence-electron chi connectivity index (χ3n) is 5.23. The van der Waals surface area contributed by atoms with E-state index in [1.165, 1.54) is 18.2 Å². The Morgan fingerprint density at radius 2 is 1.74 bits per heavy atom. The van der Waals surface area contributed by atoms with Crippen LogP contribution >= 0.6 is 15.9 Å². The van der Waals surface area contributed by atoms with Crippen LogP contribution in [0.5, 0.6) is 5.75 Å². The molecule has 0 saturated heterocycles. The first-order chi connectivity index (χ1) is 16.9. The maximum absolute atomic E-state index is 12.8. The molecule has 0 aliphatic heterocycles. The van der Waals surface area contributed by atoms with Gasteiger partial charge >= 0.3 is 0 Å². The first kappa shape index (κ1) is 23.7. The number of nitriles is 1. The van der Waals surface area contributed by atoms with E-state index in [-0.39, 0.29) is 17.9 Å². The van der Waals surface area contributed by atoms with Crippen LogP contribution in [0.25, 0.3) is 16.8 Å². The number of hydrogen-bond donors (Lipinski definition) is 1. The van der Waals surface area contributed by atoms with Gasteiger partial charge in [0.05, 0.1) is 4.92 Å². The van der Waals surface area contributed by atoms with Gasteiger partial charge in [-0.05, 0) is 64.9 Å². The lowest BCUT2D eigenvalue weighted by molar-refractivity contribution is -0.384. The van der Waals surface area contributed by atoms with Crippen LogP contribution < -0.4 is 10.1 Å². The Kier molecular flexibility index (Phi) is 7.19. The van der Waals surface area contributed by atoms with Crippen LogP contribution in [0, 0.1) is 21.4 Å². The van der Waals surface area contributed by atoms with Crippen molar-refractivity contribution < 1.29 is 14.5 Å². The van der Waals surface area contributed by atoms with Crippen molar-refractivity contribution in [2.24, 2.45) is 0 Å². The lowest BCUT2D eigenvalue weighted by Gasteiger charge is -2.13. The number of hydrogen-bond acceptors (Lipinski definition) is 5. The van der Waals surface area contributed by atoms with E-state index >= 15 is 0 Å². The second kappa shape index (κ2) is 10.6. The van der Waals surface area contributed by atoms with Gasteiger partial charge in [0.1, 0.15) is 24.0 Å². The molecule has 8 heteroatoms. The van der Waals surface area contributed by atoms with Gasteiger partial charge in [0.2, 0.25) is 0 Å². The Hall–Kier alpha value is -4.48. The van der Waals surface area contributed by atoms with Gasteiger partial charge in [0, 0.05) is 27.9 Å². The van der Waals surface area contributed by atoms with Gasteiger partial charge in [0.25, 0.3) is 11.6 Å². The van der Waals surface area contributed by atoms with E-state index in [1.807, 2.05) is 36.4 Å². The Labute approximate surface area is 209 Å². The molecule has 4 aromatic rings. The summed E-state index contributed by atoms with van der Waals surface area (Å²) in [6.07, 6.45) is 1.52. The molecule has 0 radical (unpaired) electrons. The molecule has 4 rings (SSSR count). The average Bonchev–Trinajstić information content (AvgIpc) is 2.87. The number of nitro groups is 1. The second-order valence-corrected chi connectivity index (χ2v) is 8.46. The van der Waals surface area contributed by atoms with Gasteiger partial charge in [-0.3, -0.25) is 14.9 Å². The van der Waals surface area contributed by atoms with Crippen molar-refractivity contribution in [1.29, 1.82) is 5.26 Å². The SMILES string of the molecule is N#C/C(=C\c1c(OCc2ccc([N+](=O)[O-])cc2)ccc2ccccc12)C(=O)Nc1ccc(Br)cc1. The number of rotatable bonds is 7. The van der Waals surface area contributed by atoms with Crippen molar-refractivity contribution >= 4 is 50.1 Å². The Morgan fingerprint density at radius 3 is 2.43 bits per heavy atom. The first-order valence-electron chi connectivity index (χ1n) is 10.5. The highest BCUT2D eigenvalue weighted by Gasteiger charge is 2.14. The standard InChI is InChI=1S/C27H18BrN3O4/c28-21-8-10-22(11-9-21)30-27(32)20(16-29)15-25-24-4-2-1-3-19(24)7-14-26(25)35-17-18-5-12-23(13-6-18)31(33)34/h1-15H,17H2,(H,30,32)/b20-15+. The van der Waals surface area contributed by atoms with Crippen molar-refractivity contribution in [2.75, 3.05) is 5.32 Å². The number of fused-ring (bicyclic) bond motifs is 1. The van der Waals surface area contributed by atoms with Crippen molar-refractivity contribution in [2.45, 2.75) is 6.61 Å². The van der Waals surface area contributed by atoms with E-state index in [9.17, 15) is 20.2 Å². The molecule has 7 nitrogen and oxygen atoms in total. The van der Waals surface area contributed by atoms with Crippen LogP contribution in [0.1, 0.15) is 11.1 Å². The molecule has 35 heavy (non-hydrogen) atoms. The van der Waals surface area contributed by atoms with E-state index in [0.717, 1.165) is 20.8 Å². The number of carbonyl (C=O) groups excluding carboxylic acids is 1. The summed E-state index contributed by atoms with van der Waals surface area (Å²) in [7, 11) is 0. The Bertz CT molecular complexity index is 1470. The number of benzene rings is 4. The normalized spacial score (nSPS) is 11.0. The minimum atomic E-state index is -0.538. The predicted molar refractivity (Wildman–Crippen MR) is 138 cm³/mol. The van der Waals surface area contributed by atoms with Crippen LogP contribution in [-0.2, 0) is 11.4 Å². The summed E-state index contributed by atoms with van der Waals surface area (Å²) in [5.74, 6) is -0.0599. The Morgan fingerprint density at radius 1 is 1.03 bits per heavy atom. The maximum atomic E-state index is 12.8. The van der Waals surface area contributed by atoms with E-state index < -0.39 is 10.8 Å². The molecule has 172 valence electrons. The molecule has 0 fully saturated rings. The number of nitro benzene ring substituents is 1. The minimum Gasteiger partial charge on any atom is -0.488 e. The van der Waals surface area contributed by atoms with Crippen molar-refractivity contribution in [3.63, 3.8) is 0 Å². The zero-order chi connectivity index (χ0) is 24.8. The minimum absolute atomic E-state index is 0.00137. The molecule has 1 N–H and O–H groups in total. The fraction of sp³-hybridized carbons (Fsp3) is 0.0370. The lowest BCUT2D eigenvalue weighted by Crippen LogP contribution is -2.13. The summed E-state index contributed by atoms with van der Waals surface area (Å²) in [5.41, 5.74) is 1.81. The van der Waals surface area contributed by atoms with Crippen molar-refractivity contribution in [3.8, 4) is 11.8 Å². The van der Waals surface area contributed by atoms with E-state index in [1.54, 1.807) is 42.5 Å². The van der Waals surface area contributed by atoms with E-state index in [4.69, 9.17) is 4.74 Å². The molecular weight excluding hydrogens is 510 g/mol.